The largest absolute Gasteiger partial charge is 0.336 e. The predicted molar refractivity (Wildman–Crippen MR) is 144 cm³/mol. The SMILES string of the molecule is CC(C)c1ccccc1Sc1ccc(/C=C/C(=O)N2CCN(C(=O)c3cccnc3)CC2)cc1[N+](=O)[O-]. The molecule has 2 aromatic carbocycles. The number of pyridine rings is 1. The Kier molecular flexibility index (Phi) is 8.35. The van der Waals surface area contributed by atoms with Gasteiger partial charge in [0.1, 0.15) is 0 Å². The van der Waals surface area contributed by atoms with Crippen molar-refractivity contribution in [3.05, 3.63) is 99.9 Å². The quantitative estimate of drug-likeness (QED) is 0.241. The molecule has 2 heterocycles. The lowest BCUT2D eigenvalue weighted by Gasteiger charge is -2.34. The van der Waals surface area contributed by atoms with Gasteiger partial charge in [0.2, 0.25) is 5.91 Å². The third-order valence-electron chi connectivity index (χ3n) is 6.15. The van der Waals surface area contributed by atoms with Gasteiger partial charge >= 0.3 is 0 Å². The van der Waals surface area contributed by atoms with Crippen LogP contribution in [0, 0.1) is 10.1 Å². The number of piperazine rings is 1. The van der Waals surface area contributed by atoms with E-state index in [2.05, 4.69) is 18.8 Å². The maximum absolute atomic E-state index is 12.7. The van der Waals surface area contributed by atoms with Crippen LogP contribution in [0.5, 0.6) is 0 Å². The molecule has 0 bridgehead atoms. The second-order valence-corrected chi connectivity index (χ2v) is 10.1. The van der Waals surface area contributed by atoms with Gasteiger partial charge in [-0.15, -0.1) is 0 Å². The molecule has 4 rings (SSSR count). The molecule has 190 valence electrons. The smallest absolute Gasteiger partial charge is 0.283 e. The van der Waals surface area contributed by atoms with Gasteiger partial charge in [-0.2, -0.15) is 0 Å². The Morgan fingerprint density at radius 3 is 2.41 bits per heavy atom. The van der Waals surface area contributed by atoms with Gasteiger partial charge in [-0.3, -0.25) is 24.7 Å². The minimum atomic E-state index is -0.391. The lowest BCUT2D eigenvalue weighted by Crippen LogP contribution is -2.50. The number of benzene rings is 2. The number of nitrogens with zero attached hydrogens (tertiary/aromatic N) is 4. The second kappa shape index (κ2) is 11.8. The molecular formula is C28H28N4O4S. The van der Waals surface area contributed by atoms with E-state index < -0.39 is 4.92 Å². The fourth-order valence-electron chi connectivity index (χ4n) is 4.11. The van der Waals surface area contributed by atoms with Crippen LogP contribution in [0.1, 0.15) is 41.3 Å². The summed E-state index contributed by atoms with van der Waals surface area (Å²) in [7, 11) is 0. The average Bonchev–Trinajstić information content (AvgIpc) is 2.92. The number of amides is 2. The highest BCUT2D eigenvalue weighted by Crippen LogP contribution is 2.39. The number of nitro benzene ring substituents is 1. The zero-order chi connectivity index (χ0) is 26.4. The third-order valence-corrected chi connectivity index (χ3v) is 7.30. The van der Waals surface area contributed by atoms with Crippen LogP contribution in [0.15, 0.2) is 82.9 Å². The molecular weight excluding hydrogens is 488 g/mol. The van der Waals surface area contributed by atoms with E-state index in [1.165, 1.54) is 30.1 Å². The zero-order valence-corrected chi connectivity index (χ0v) is 21.6. The summed E-state index contributed by atoms with van der Waals surface area (Å²) in [6.45, 7) is 5.89. The number of rotatable bonds is 7. The highest BCUT2D eigenvalue weighted by atomic mass is 32.2. The van der Waals surface area contributed by atoms with E-state index in [0.717, 1.165) is 10.5 Å². The Morgan fingerprint density at radius 1 is 1.00 bits per heavy atom. The van der Waals surface area contributed by atoms with Crippen LogP contribution in [0.25, 0.3) is 6.08 Å². The van der Waals surface area contributed by atoms with E-state index in [9.17, 15) is 19.7 Å². The lowest BCUT2D eigenvalue weighted by atomic mass is 10.0. The first-order valence-electron chi connectivity index (χ1n) is 12.0. The third kappa shape index (κ3) is 6.42. The molecule has 0 radical (unpaired) electrons. The average molecular weight is 517 g/mol. The molecule has 0 saturated carbocycles. The van der Waals surface area contributed by atoms with Crippen LogP contribution in [-0.2, 0) is 4.79 Å². The van der Waals surface area contributed by atoms with Crippen LogP contribution in [0.4, 0.5) is 5.69 Å². The van der Waals surface area contributed by atoms with Gasteiger partial charge in [-0.1, -0.05) is 49.9 Å². The minimum Gasteiger partial charge on any atom is -0.336 e. The van der Waals surface area contributed by atoms with Crippen molar-refractivity contribution in [3.63, 3.8) is 0 Å². The van der Waals surface area contributed by atoms with E-state index in [-0.39, 0.29) is 17.5 Å². The number of aromatic nitrogens is 1. The van der Waals surface area contributed by atoms with Crippen LogP contribution < -0.4 is 0 Å². The van der Waals surface area contributed by atoms with Crippen molar-refractivity contribution in [2.75, 3.05) is 26.2 Å². The lowest BCUT2D eigenvalue weighted by molar-refractivity contribution is -0.387. The Balaban J connectivity index is 1.41. The minimum absolute atomic E-state index is 0.000636. The first kappa shape index (κ1) is 26.1. The normalized spacial score (nSPS) is 13.8. The number of carbonyl (C=O) groups is 2. The number of nitro groups is 1. The van der Waals surface area contributed by atoms with Gasteiger partial charge in [0, 0.05) is 55.6 Å². The molecule has 37 heavy (non-hydrogen) atoms. The van der Waals surface area contributed by atoms with Crippen molar-refractivity contribution >= 4 is 35.3 Å². The van der Waals surface area contributed by atoms with Crippen LogP contribution >= 0.6 is 11.8 Å². The molecule has 1 saturated heterocycles. The van der Waals surface area contributed by atoms with Crippen molar-refractivity contribution < 1.29 is 14.5 Å². The van der Waals surface area contributed by atoms with Gasteiger partial charge < -0.3 is 9.80 Å². The van der Waals surface area contributed by atoms with E-state index in [1.807, 2.05) is 24.3 Å². The molecule has 1 aliphatic heterocycles. The van der Waals surface area contributed by atoms with Gasteiger partial charge in [0.05, 0.1) is 15.4 Å². The summed E-state index contributed by atoms with van der Waals surface area (Å²) in [5, 5.41) is 11.8. The first-order chi connectivity index (χ1) is 17.8. The maximum Gasteiger partial charge on any atom is 0.283 e. The fourth-order valence-corrected chi connectivity index (χ4v) is 5.29. The second-order valence-electron chi connectivity index (χ2n) is 8.97. The molecule has 1 aromatic heterocycles. The van der Waals surface area contributed by atoms with Crippen molar-refractivity contribution in [2.24, 2.45) is 0 Å². The monoisotopic (exact) mass is 516 g/mol. The summed E-state index contributed by atoms with van der Waals surface area (Å²) in [5.74, 6) is 0.00350. The van der Waals surface area contributed by atoms with Crippen LogP contribution in [-0.4, -0.2) is 57.7 Å². The predicted octanol–water partition coefficient (Wildman–Crippen LogP) is 5.26. The number of carbonyl (C=O) groups excluding carboxylic acids is 2. The van der Waals surface area contributed by atoms with Gasteiger partial charge in [0.15, 0.2) is 0 Å². The van der Waals surface area contributed by atoms with Crippen molar-refractivity contribution in [1.82, 2.24) is 14.8 Å². The first-order valence-corrected chi connectivity index (χ1v) is 12.9. The topological polar surface area (TPSA) is 96.7 Å². The number of hydrogen-bond donors (Lipinski definition) is 0. The summed E-state index contributed by atoms with van der Waals surface area (Å²) >= 11 is 1.38. The Hall–Kier alpha value is -3.98. The van der Waals surface area contributed by atoms with Crippen molar-refractivity contribution in [2.45, 2.75) is 29.6 Å². The van der Waals surface area contributed by atoms with Crippen LogP contribution in [0.2, 0.25) is 0 Å². The molecule has 0 N–H and O–H groups in total. The van der Waals surface area contributed by atoms with E-state index in [0.29, 0.717) is 48.1 Å². The highest BCUT2D eigenvalue weighted by molar-refractivity contribution is 7.99. The van der Waals surface area contributed by atoms with Gasteiger partial charge in [-0.05, 0) is 47.4 Å². The molecule has 1 aliphatic rings. The summed E-state index contributed by atoms with van der Waals surface area (Å²) in [6.07, 6.45) is 6.18. The fraction of sp³-hybridized carbons (Fsp3) is 0.250. The van der Waals surface area contributed by atoms with Crippen LogP contribution in [0.3, 0.4) is 0 Å². The summed E-state index contributed by atoms with van der Waals surface area (Å²) < 4.78 is 0. The zero-order valence-electron chi connectivity index (χ0n) is 20.7. The molecule has 8 nitrogen and oxygen atoms in total. The molecule has 2 amide bonds. The molecule has 3 aromatic rings. The van der Waals surface area contributed by atoms with Crippen molar-refractivity contribution in [1.29, 1.82) is 0 Å². The summed E-state index contributed by atoms with van der Waals surface area (Å²) in [4.78, 5) is 45.6. The van der Waals surface area contributed by atoms with E-state index >= 15 is 0 Å². The molecule has 1 fully saturated rings. The van der Waals surface area contributed by atoms with E-state index in [4.69, 9.17) is 0 Å². The molecule has 0 spiro atoms. The van der Waals surface area contributed by atoms with E-state index in [1.54, 1.807) is 46.3 Å². The molecule has 9 heteroatoms. The van der Waals surface area contributed by atoms with Crippen molar-refractivity contribution in [3.8, 4) is 0 Å². The van der Waals surface area contributed by atoms with Gasteiger partial charge in [0.25, 0.3) is 11.6 Å². The Labute approximate surface area is 220 Å². The summed E-state index contributed by atoms with van der Waals surface area (Å²) in [5.41, 5.74) is 2.24. The van der Waals surface area contributed by atoms with Gasteiger partial charge in [-0.25, -0.2) is 0 Å². The summed E-state index contributed by atoms with van der Waals surface area (Å²) in [6, 6.07) is 16.4. The maximum atomic E-state index is 12.7. The highest BCUT2D eigenvalue weighted by Gasteiger charge is 2.24. The Morgan fingerprint density at radius 2 is 1.73 bits per heavy atom. The Bertz CT molecular complexity index is 1320. The number of hydrogen-bond acceptors (Lipinski definition) is 6. The molecule has 0 atom stereocenters. The standard InChI is InChI=1S/C28H28N4O4S/c1-20(2)23-7-3-4-8-25(23)37-26-11-9-21(18-24(26)32(35)36)10-12-27(33)30-14-16-31(17-15-30)28(34)22-6-5-13-29-19-22/h3-13,18-20H,14-17H2,1-2H3/b12-10+. The molecule has 0 unspecified atom stereocenters. The molecule has 0 aliphatic carbocycles.